The number of hydrogen-bond acceptors (Lipinski definition) is 1. The highest BCUT2D eigenvalue weighted by Crippen LogP contribution is 2.32. The van der Waals surface area contributed by atoms with Gasteiger partial charge in [-0.2, -0.15) is 0 Å². The summed E-state index contributed by atoms with van der Waals surface area (Å²) in [5, 5.41) is 5.22. The molecule has 1 nitrogen and oxygen atoms in total. The normalized spacial score (nSPS) is 12.4. The molecule has 0 saturated heterocycles. The number of hydrogen-bond donors (Lipinski definition) is 1. The highest BCUT2D eigenvalue weighted by Gasteiger charge is 2.15. The summed E-state index contributed by atoms with van der Waals surface area (Å²) >= 11 is 21.7. The highest BCUT2D eigenvalue weighted by atomic mass is 79.9. The topological polar surface area (TPSA) is 12.0 Å². The van der Waals surface area contributed by atoms with E-state index in [9.17, 15) is 0 Å². The Morgan fingerprint density at radius 2 is 1.55 bits per heavy atom. The van der Waals surface area contributed by atoms with Crippen molar-refractivity contribution < 1.29 is 0 Å². The first-order valence-corrected chi connectivity index (χ1v) is 8.09. The lowest BCUT2D eigenvalue weighted by Gasteiger charge is -2.20. The van der Waals surface area contributed by atoms with Crippen molar-refractivity contribution in [1.82, 2.24) is 5.32 Å². The highest BCUT2D eigenvalue weighted by molar-refractivity contribution is 9.10. The van der Waals surface area contributed by atoms with Crippen LogP contribution in [0.2, 0.25) is 15.1 Å². The van der Waals surface area contributed by atoms with Crippen molar-refractivity contribution in [2.75, 3.05) is 6.54 Å². The molecule has 2 rings (SSSR count). The van der Waals surface area contributed by atoms with Crippen molar-refractivity contribution in [3.05, 3.63) is 67.1 Å². The average molecular weight is 394 g/mol. The lowest BCUT2D eigenvalue weighted by molar-refractivity contribution is 0.630. The minimum absolute atomic E-state index is 0.0281. The Labute approximate surface area is 142 Å². The van der Waals surface area contributed by atoms with Gasteiger partial charge in [0.1, 0.15) is 0 Å². The van der Waals surface area contributed by atoms with E-state index in [1.807, 2.05) is 36.4 Å². The number of nitrogens with one attached hydrogen (secondary N) is 1. The van der Waals surface area contributed by atoms with Gasteiger partial charge in [-0.3, -0.25) is 0 Å². The minimum Gasteiger partial charge on any atom is -0.307 e. The van der Waals surface area contributed by atoms with Crippen LogP contribution < -0.4 is 5.32 Å². The van der Waals surface area contributed by atoms with Crippen molar-refractivity contribution in [1.29, 1.82) is 0 Å². The smallest absolute Gasteiger partial charge is 0.0595 e. The van der Waals surface area contributed by atoms with E-state index in [-0.39, 0.29) is 6.04 Å². The SMILES string of the molecule is CCNC(c1ccc(Cl)c(Cl)c1)c1ccc(Br)c(Cl)c1. The second-order valence-corrected chi connectivity index (χ2v) is 6.41. The molecule has 0 radical (unpaired) electrons. The third kappa shape index (κ3) is 3.69. The monoisotopic (exact) mass is 391 g/mol. The van der Waals surface area contributed by atoms with E-state index in [2.05, 4.69) is 28.2 Å². The Kier molecular flexibility index (Phi) is 5.76. The second kappa shape index (κ2) is 7.15. The van der Waals surface area contributed by atoms with Crippen molar-refractivity contribution in [2.24, 2.45) is 0 Å². The molecular formula is C15H13BrCl3N. The summed E-state index contributed by atoms with van der Waals surface area (Å²) < 4.78 is 0.882. The molecule has 0 aromatic heterocycles. The van der Waals surface area contributed by atoms with E-state index in [1.165, 1.54) is 0 Å². The molecule has 0 aliphatic carbocycles. The molecule has 0 spiro atoms. The van der Waals surface area contributed by atoms with Gasteiger partial charge >= 0.3 is 0 Å². The molecule has 2 aromatic carbocycles. The predicted molar refractivity (Wildman–Crippen MR) is 91.1 cm³/mol. The summed E-state index contributed by atoms with van der Waals surface area (Å²) in [6, 6.07) is 11.6. The molecule has 1 unspecified atom stereocenters. The molecule has 0 heterocycles. The van der Waals surface area contributed by atoms with Gasteiger partial charge in [0.25, 0.3) is 0 Å². The quantitative estimate of drug-likeness (QED) is 0.661. The van der Waals surface area contributed by atoms with Crippen LogP contribution in [0, 0.1) is 0 Å². The standard InChI is InChI=1S/C15H13BrCl3N/c1-2-20-15(9-3-5-11(16)13(18)7-9)10-4-6-12(17)14(19)8-10/h3-8,15,20H,2H2,1H3. The third-order valence-corrected chi connectivity index (χ3v) is 4.93. The van der Waals surface area contributed by atoms with Crippen molar-refractivity contribution in [2.45, 2.75) is 13.0 Å². The number of halogens is 4. The van der Waals surface area contributed by atoms with Crippen LogP contribution in [-0.2, 0) is 0 Å². The van der Waals surface area contributed by atoms with Crippen LogP contribution in [0.5, 0.6) is 0 Å². The first-order valence-electron chi connectivity index (χ1n) is 6.16. The third-order valence-electron chi connectivity index (χ3n) is 2.96. The van der Waals surface area contributed by atoms with Gasteiger partial charge in [-0.25, -0.2) is 0 Å². The predicted octanol–water partition coefficient (Wildman–Crippen LogP) is 6.11. The number of rotatable bonds is 4. The zero-order valence-electron chi connectivity index (χ0n) is 10.8. The molecule has 20 heavy (non-hydrogen) atoms. The first kappa shape index (κ1) is 16.1. The minimum atomic E-state index is 0.0281. The van der Waals surface area contributed by atoms with Gasteiger partial charge in [-0.05, 0) is 57.9 Å². The molecule has 0 fully saturated rings. The van der Waals surface area contributed by atoms with Crippen LogP contribution in [0.4, 0.5) is 0 Å². The molecule has 0 aliphatic rings. The van der Waals surface area contributed by atoms with Crippen LogP contribution in [0.3, 0.4) is 0 Å². The molecule has 0 bridgehead atoms. The van der Waals surface area contributed by atoms with Crippen LogP contribution in [-0.4, -0.2) is 6.54 Å². The zero-order valence-corrected chi connectivity index (χ0v) is 14.6. The lowest BCUT2D eigenvalue weighted by Crippen LogP contribution is -2.22. The van der Waals surface area contributed by atoms with Crippen LogP contribution in [0.15, 0.2) is 40.9 Å². The first-order chi connectivity index (χ1) is 9.52. The molecule has 2 aromatic rings. The summed E-state index contributed by atoms with van der Waals surface area (Å²) in [6.45, 7) is 2.89. The Hall–Kier alpha value is -0.250. The van der Waals surface area contributed by atoms with Gasteiger partial charge in [-0.15, -0.1) is 0 Å². The molecule has 1 atom stereocenters. The summed E-state index contributed by atoms with van der Waals surface area (Å²) in [7, 11) is 0. The van der Waals surface area contributed by atoms with Crippen LogP contribution in [0.1, 0.15) is 24.1 Å². The van der Waals surface area contributed by atoms with E-state index in [0.717, 1.165) is 22.1 Å². The molecular weight excluding hydrogens is 380 g/mol. The Bertz CT molecular complexity index is 565. The van der Waals surface area contributed by atoms with Gasteiger partial charge < -0.3 is 5.32 Å². The second-order valence-electron chi connectivity index (χ2n) is 4.34. The molecule has 0 saturated carbocycles. The van der Waals surface area contributed by atoms with E-state index in [4.69, 9.17) is 34.8 Å². The van der Waals surface area contributed by atoms with Gasteiger partial charge in [0.2, 0.25) is 0 Å². The number of benzene rings is 2. The fraction of sp³-hybridized carbons (Fsp3) is 0.200. The maximum Gasteiger partial charge on any atom is 0.0595 e. The van der Waals surface area contributed by atoms with Crippen molar-refractivity contribution in [3.8, 4) is 0 Å². The molecule has 1 N–H and O–H groups in total. The molecule has 5 heteroatoms. The largest absolute Gasteiger partial charge is 0.307 e. The molecule has 0 aliphatic heterocycles. The lowest BCUT2D eigenvalue weighted by atomic mass is 9.99. The Morgan fingerprint density at radius 1 is 0.950 bits per heavy atom. The van der Waals surface area contributed by atoms with E-state index >= 15 is 0 Å². The fourth-order valence-electron chi connectivity index (χ4n) is 2.02. The van der Waals surface area contributed by atoms with Gasteiger partial charge in [-0.1, -0.05) is 53.9 Å². The summed E-state index contributed by atoms with van der Waals surface area (Å²) in [5.41, 5.74) is 2.14. The summed E-state index contributed by atoms with van der Waals surface area (Å²) in [4.78, 5) is 0. The maximum atomic E-state index is 6.18. The Balaban J connectivity index is 2.44. The van der Waals surface area contributed by atoms with Gasteiger partial charge in [0.15, 0.2) is 0 Å². The maximum absolute atomic E-state index is 6.18. The summed E-state index contributed by atoms with van der Waals surface area (Å²) in [6.07, 6.45) is 0. The van der Waals surface area contributed by atoms with Crippen molar-refractivity contribution >= 4 is 50.7 Å². The van der Waals surface area contributed by atoms with Crippen LogP contribution >= 0.6 is 50.7 Å². The molecule has 106 valence electrons. The average Bonchev–Trinajstić information content (AvgIpc) is 2.43. The summed E-state index contributed by atoms with van der Waals surface area (Å²) in [5.74, 6) is 0. The van der Waals surface area contributed by atoms with Crippen molar-refractivity contribution in [3.63, 3.8) is 0 Å². The van der Waals surface area contributed by atoms with Crippen LogP contribution in [0.25, 0.3) is 0 Å². The zero-order chi connectivity index (χ0) is 14.7. The molecule has 0 amide bonds. The van der Waals surface area contributed by atoms with E-state index in [0.29, 0.717) is 15.1 Å². The van der Waals surface area contributed by atoms with E-state index in [1.54, 1.807) is 0 Å². The van der Waals surface area contributed by atoms with E-state index < -0.39 is 0 Å². The Morgan fingerprint density at radius 3 is 2.10 bits per heavy atom. The van der Waals surface area contributed by atoms with Gasteiger partial charge in [0, 0.05) is 4.47 Å². The van der Waals surface area contributed by atoms with Gasteiger partial charge in [0.05, 0.1) is 21.1 Å². The fourth-order valence-corrected chi connectivity index (χ4v) is 2.76.